The molecule has 86 valence electrons. The maximum atomic E-state index is 5.26. The Kier molecular flexibility index (Phi) is 6.86. The van der Waals surface area contributed by atoms with Crippen LogP contribution in [-0.4, -0.2) is 36.1 Å². The van der Waals surface area contributed by atoms with Crippen LogP contribution >= 0.6 is 0 Å². The molecule has 0 aliphatic heterocycles. The van der Waals surface area contributed by atoms with Crippen molar-refractivity contribution in [3.05, 3.63) is 18.5 Å². The van der Waals surface area contributed by atoms with Crippen LogP contribution in [0, 0.1) is 0 Å². The predicted molar refractivity (Wildman–Crippen MR) is 60.8 cm³/mol. The maximum absolute atomic E-state index is 5.26. The lowest BCUT2D eigenvalue weighted by Crippen LogP contribution is -2.21. The van der Waals surface area contributed by atoms with Crippen molar-refractivity contribution in [3.63, 3.8) is 0 Å². The highest BCUT2D eigenvalue weighted by atomic mass is 16.5. The van der Waals surface area contributed by atoms with E-state index in [1.54, 1.807) is 0 Å². The summed E-state index contributed by atoms with van der Waals surface area (Å²) in [4.78, 5) is 0. The number of rotatable bonds is 9. The van der Waals surface area contributed by atoms with Gasteiger partial charge in [0.1, 0.15) is 0 Å². The molecule has 1 heterocycles. The Morgan fingerprint density at radius 1 is 1.33 bits per heavy atom. The first kappa shape index (κ1) is 12.2. The molecular formula is C11H21N3O. The average Bonchev–Trinajstić information content (AvgIpc) is 2.75. The first-order valence-electron chi connectivity index (χ1n) is 5.69. The Balaban J connectivity index is 1.81. The van der Waals surface area contributed by atoms with E-state index in [2.05, 4.69) is 10.4 Å². The molecule has 0 saturated heterocycles. The van der Waals surface area contributed by atoms with Gasteiger partial charge in [-0.3, -0.25) is 4.68 Å². The molecule has 1 N–H and O–H groups in total. The van der Waals surface area contributed by atoms with Crippen molar-refractivity contribution in [2.45, 2.75) is 26.3 Å². The van der Waals surface area contributed by atoms with Gasteiger partial charge < -0.3 is 10.1 Å². The molecule has 1 aromatic heterocycles. The van der Waals surface area contributed by atoms with Crippen molar-refractivity contribution >= 4 is 0 Å². The summed E-state index contributed by atoms with van der Waals surface area (Å²) in [5, 5.41) is 7.52. The number of ether oxygens (including phenoxy) is 1. The van der Waals surface area contributed by atoms with Crippen LogP contribution in [0.25, 0.3) is 0 Å². The standard InChI is InChI=1S/C11H21N3O/c1-2-15-11-4-3-6-12-8-10-14-9-5-7-13-14/h5,7,9,12H,2-4,6,8,10-11H2,1H3. The molecule has 0 amide bonds. The minimum Gasteiger partial charge on any atom is -0.382 e. The Hall–Kier alpha value is -0.870. The summed E-state index contributed by atoms with van der Waals surface area (Å²) in [6, 6.07) is 1.95. The van der Waals surface area contributed by atoms with Gasteiger partial charge in [-0.05, 0) is 32.4 Å². The van der Waals surface area contributed by atoms with E-state index in [0.29, 0.717) is 0 Å². The zero-order chi connectivity index (χ0) is 10.8. The van der Waals surface area contributed by atoms with Crippen molar-refractivity contribution in [1.82, 2.24) is 15.1 Å². The maximum Gasteiger partial charge on any atom is 0.0533 e. The molecule has 4 nitrogen and oxygen atoms in total. The van der Waals surface area contributed by atoms with Crippen molar-refractivity contribution in [3.8, 4) is 0 Å². The molecule has 1 rings (SSSR count). The van der Waals surface area contributed by atoms with Crippen LogP contribution in [0.1, 0.15) is 19.8 Å². The smallest absolute Gasteiger partial charge is 0.0533 e. The third-order valence-electron chi connectivity index (χ3n) is 2.17. The third-order valence-corrected chi connectivity index (χ3v) is 2.17. The van der Waals surface area contributed by atoms with Gasteiger partial charge in [0, 0.05) is 32.2 Å². The molecule has 0 bridgehead atoms. The van der Waals surface area contributed by atoms with Gasteiger partial charge in [-0.1, -0.05) is 0 Å². The lowest BCUT2D eigenvalue weighted by Gasteiger charge is -2.05. The Labute approximate surface area is 91.6 Å². The van der Waals surface area contributed by atoms with Crippen LogP contribution < -0.4 is 5.32 Å². The lowest BCUT2D eigenvalue weighted by atomic mass is 10.3. The molecular weight excluding hydrogens is 190 g/mol. The summed E-state index contributed by atoms with van der Waals surface area (Å²) in [7, 11) is 0. The minimum absolute atomic E-state index is 0.826. The van der Waals surface area contributed by atoms with E-state index in [9.17, 15) is 0 Å². The summed E-state index contributed by atoms with van der Waals surface area (Å²) < 4.78 is 7.19. The molecule has 15 heavy (non-hydrogen) atoms. The zero-order valence-corrected chi connectivity index (χ0v) is 9.48. The SMILES string of the molecule is CCOCCCCNCCn1cccn1. The van der Waals surface area contributed by atoms with Crippen molar-refractivity contribution in [2.24, 2.45) is 0 Å². The second-order valence-corrected chi connectivity index (χ2v) is 3.42. The average molecular weight is 211 g/mol. The van der Waals surface area contributed by atoms with Crippen LogP contribution in [0.5, 0.6) is 0 Å². The minimum atomic E-state index is 0.826. The molecule has 0 unspecified atom stereocenters. The normalized spacial score (nSPS) is 10.7. The Morgan fingerprint density at radius 2 is 2.27 bits per heavy atom. The van der Waals surface area contributed by atoms with Gasteiger partial charge >= 0.3 is 0 Å². The second-order valence-electron chi connectivity index (χ2n) is 3.42. The molecule has 0 aliphatic carbocycles. The largest absolute Gasteiger partial charge is 0.382 e. The van der Waals surface area contributed by atoms with Gasteiger partial charge in [-0.15, -0.1) is 0 Å². The molecule has 0 saturated carbocycles. The second kappa shape index (κ2) is 8.44. The molecule has 0 aromatic carbocycles. The summed E-state index contributed by atoms with van der Waals surface area (Å²) in [5.74, 6) is 0. The van der Waals surface area contributed by atoms with Crippen molar-refractivity contribution in [1.29, 1.82) is 0 Å². The van der Waals surface area contributed by atoms with Crippen LogP contribution in [-0.2, 0) is 11.3 Å². The highest BCUT2D eigenvalue weighted by molar-refractivity contribution is 4.77. The van der Waals surface area contributed by atoms with E-state index in [0.717, 1.165) is 39.3 Å². The van der Waals surface area contributed by atoms with Crippen LogP contribution in [0.2, 0.25) is 0 Å². The summed E-state index contributed by atoms with van der Waals surface area (Å²) in [6.07, 6.45) is 6.11. The van der Waals surface area contributed by atoms with E-state index >= 15 is 0 Å². The van der Waals surface area contributed by atoms with E-state index in [1.165, 1.54) is 6.42 Å². The van der Waals surface area contributed by atoms with E-state index in [4.69, 9.17) is 4.74 Å². The van der Waals surface area contributed by atoms with E-state index < -0.39 is 0 Å². The quantitative estimate of drug-likeness (QED) is 0.626. The number of nitrogens with zero attached hydrogens (tertiary/aromatic N) is 2. The molecule has 4 heteroatoms. The van der Waals surface area contributed by atoms with Crippen molar-refractivity contribution < 1.29 is 4.74 Å². The van der Waals surface area contributed by atoms with Crippen LogP contribution in [0.15, 0.2) is 18.5 Å². The number of aromatic nitrogens is 2. The highest BCUT2D eigenvalue weighted by Gasteiger charge is 1.91. The number of hydrogen-bond donors (Lipinski definition) is 1. The fourth-order valence-corrected chi connectivity index (χ4v) is 1.35. The molecule has 0 spiro atoms. The Bertz CT molecular complexity index is 224. The zero-order valence-electron chi connectivity index (χ0n) is 9.48. The summed E-state index contributed by atoms with van der Waals surface area (Å²) in [6.45, 7) is 6.73. The first-order chi connectivity index (χ1) is 7.43. The third kappa shape index (κ3) is 6.25. The van der Waals surface area contributed by atoms with Gasteiger partial charge in [0.05, 0.1) is 6.54 Å². The fourth-order valence-electron chi connectivity index (χ4n) is 1.35. The number of unbranched alkanes of at least 4 members (excludes halogenated alkanes) is 1. The highest BCUT2D eigenvalue weighted by Crippen LogP contribution is 1.88. The fraction of sp³-hybridized carbons (Fsp3) is 0.727. The first-order valence-corrected chi connectivity index (χ1v) is 5.69. The number of hydrogen-bond acceptors (Lipinski definition) is 3. The van der Waals surface area contributed by atoms with Gasteiger partial charge in [0.15, 0.2) is 0 Å². The molecule has 1 aromatic rings. The van der Waals surface area contributed by atoms with Gasteiger partial charge in [-0.25, -0.2) is 0 Å². The van der Waals surface area contributed by atoms with Gasteiger partial charge in [0.2, 0.25) is 0 Å². The molecule has 0 fully saturated rings. The topological polar surface area (TPSA) is 39.1 Å². The monoisotopic (exact) mass is 211 g/mol. The molecule has 0 radical (unpaired) electrons. The van der Waals surface area contributed by atoms with E-state index in [1.807, 2.05) is 30.1 Å². The van der Waals surface area contributed by atoms with Gasteiger partial charge in [-0.2, -0.15) is 5.10 Å². The summed E-state index contributed by atoms with van der Waals surface area (Å²) in [5.41, 5.74) is 0. The lowest BCUT2D eigenvalue weighted by molar-refractivity contribution is 0.143. The molecule has 0 atom stereocenters. The van der Waals surface area contributed by atoms with Crippen LogP contribution in [0.4, 0.5) is 0 Å². The number of nitrogens with one attached hydrogen (secondary N) is 1. The Morgan fingerprint density at radius 3 is 3.00 bits per heavy atom. The summed E-state index contributed by atoms with van der Waals surface area (Å²) >= 11 is 0. The van der Waals surface area contributed by atoms with Crippen LogP contribution in [0.3, 0.4) is 0 Å². The van der Waals surface area contributed by atoms with E-state index in [-0.39, 0.29) is 0 Å². The van der Waals surface area contributed by atoms with Crippen molar-refractivity contribution in [2.75, 3.05) is 26.3 Å². The van der Waals surface area contributed by atoms with Gasteiger partial charge in [0.25, 0.3) is 0 Å². The molecule has 0 aliphatic rings. The predicted octanol–water partition coefficient (Wildman–Crippen LogP) is 1.29.